The van der Waals surface area contributed by atoms with Crippen molar-refractivity contribution in [2.24, 2.45) is 14.1 Å². The number of fused-ring (bicyclic) bond motifs is 2. The van der Waals surface area contributed by atoms with Gasteiger partial charge >= 0.3 is 25.0 Å². The van der Waals surface area contributed by atoms with Gasteiger partial charge in [0, 0.05) is 30.4 Å². The van der Waals surface area contributed by atoms with E-state index in [1.54, 1.807) is 47.9 Å². The molecule has 1 N–H and O–H groups in total. The van der Waals surface area contributed by atoms with Crippen LogP contribution in [0.25, 0.3) is 33.4 Å². The average molecular weight is 627 g/mol. The first-order chi connectivity index (χ1) is 21.1. The molecule has 0 aliphatic carbocycles. The van der Waals surface area contributed by atoms with E-state index in [9.17, 15) is 23.2 Å². The molecule has 6 rings (SSSR count). The van der Waals surface area contributed by atoms with Crippen LogP contribution < -0.4 is 34.7 Å². The van der Waals surface area contributed by atoms with Gasteiger partial charge in [0.1, 0.15) is 22.9 Å². The van der Waals surface area contributed by atoms with Gasteiger partial charge in [-0.05, 0) is 67.1 Å². The van der Waals surface area contributed by atoms with Gasteiger partial charge in [-0.1, -0.05) is 6.92 Å². The topological polar surface area (TPSA) is 170 Å². The van der Waals surface area contributed by atoms with Crippen molar-refractivity contribution in [2.75, 3.05) is 0 Å². The van der Waals surface area contributed by atoms with E-state index in [-0.39, 0.29) is 54.1 Å². The number of aryl methyl sites for hydroxylation is 3. The quantitative estimate of drug-likeness (QED) is 0.190. The van der Waals surface area contributed by atoms with E-state index in [1.165, 1.54) is 51.7 Å². The molecule has 0 unspecified atom stereocenters. The number of ether oxygens (including phenoxy) is 1. The predicted molar refractivity (Wildman–Crippen MR) is 156 cm³/mol. The summed E-state index contributed by atoms with van der Waals surface area (Å²) in [4.78, 5) is 51.8. The predicted octanol–water partition coefficient (Wildman–Crippen LogP) is 0.0679. The zero-order chi connectivity index (χ0) is 32.0. The largest absolute Gasteiger partial charge is 1.00 e. The number of pyridine rings is 2. The number of carbonyl (C=O) groups is 1. The van der Waals surface area contributed by atoms with Crippen LogP contribution in [0.1, 0.15) is 12.5 Å². The van der Waals surface area contributed by atoms with Crippen LogP contribution >= 0.6 is 0 Å². The van der Waals surface area contributed by atoms with Crippen LogP contribution in [0.5, 0.6) is 5.75 Å². The molecule has 0 aliphatic heterocycles. The van der Waals surface area contributed by atoms with Crippen molar-refractivity contribution in [3.05, 3.63) is 111 Å². The molecule has 0 atom stereocenters. The zero-order valence-electron chi connectivity index (χ0n) is 25.0. The average Bonchev–Trinajstić information content (AvgIpc) is 3.57. The molecule has 13 nitrogen and oxygen atoms in total. The van der Waals surface area contributed by atoms with E-state index in [2.05, 4.69) is 10.2 Å². The fourth-order valence-corrected chi connectivity index (χ4v) is 4.59. The van der Waals surface area contributed by atoms with E-state index < -0.39 is 11.4 Å². The van der Waals surface area contributed by atoms with Gasteiger partial charge in [-0.25, -0.2) is 8.78 Å². The molecule has 46 heavy (non-hydrogen) atoms. The molecule has 0 saturated heterocycles. The van der Waals surface area contributed by atoms with Gasteiger partial charge in [0.25, 0.3) is 17.6 Å². The molecule has 0 saturated carbocycles. The maximum atomic E-state index is 13.1. The summed E-state index contributed by atoms with van der Waals surface area (Å²) in [7, 11) is 3.47. The molecular formula is C30H25F2LiN6O7. The minimum atomic E-state index is -0.523. The van der Waals surface area contributed by atoms with E-state index in [4.69, 9.17) is 14.3 Å². The molecular weight excluding hydrogens is 601 g/mol. The van der Waals surface area contributed by atoms with Crippen LogP contribution in [0.2, 0.25) is 0 Å². The maximum Gasteiger partial charge on any atom is 1.00 e. The third kappa shape index (κ3) is 7.43. The van der Waals surface area contributed by atoms with E-state index in [1.807, 2.05) is 13.0 Å². The Labute approximate surface area is 270 Å². The monoisotopic (exact) mass is 626 g/mol. The Kier molecular flexibility index (Phi) is 12.8. The summed E-state index contributed by atoms with van der Waals surface area (Å²) in [5.74, 6) is -0.849. The summed E-state index contributed by atoms with van der Waals surface area (Å²) in [6, 6.07) is 14.6. The summed E-state index contributed by atoms with van der Waals surface area (Å²) in [6.07, 6.45) is 4.17. The molecule has 0 aliphatic rings. The van der Waals surface area contributed by atoms with Gasteiger partial charge in [0.2, 0.25) is 0 Å². The third-order valence-electron chi connectivity index (χ3n) is 6.53. The Morgan fingerprint density at radius 3 is 1.61 bits per heavy atom. The molecule has 0 bridgehead atoms. The first-order valence-corrected chi connectivity index (χ1v) is 12.9. The number of hydrogen-bond acceptors (Lipinski definition) is 9. The minimum absolute atomic E-state index is 0. The molecule has 232 valence electrons. The van der Waals surface area contributed by atoms with Crippen LogP contribution in [0, 0.1) is 11.6 Å². The van der Waals surface area contributed by atoms with Crippen molar-refractivity contribution in [3.63, 3.8) is 0 Å². The molecule has 6 aromatic rings. The van der Waals surface area contributed by atoms with Crippen molar-refractivity contribution in [1.82, 2.24) is 28.7 Å². The van der Waals surface area contributed by atoms with Gasteiger partial charge in [0.15, 0.2) is 5.75 Å². The summed E-state index contributed by atoms with van der Waals surface area (Å²) < 4.78 is 36.9. The number of rotatable bonds is 5. The number of benzene rings is 2. The number of carbonyl (C=O) groups excluding carboxylic acids is 3. The Morgan fingerprint density at radius 1 is 0.783 bits per heavy atom. The molecule has 2 aromatic carbocycles. The van der Waals surface area contributed by atoms with Crippen molar-refractivity contribution < 1.29 is 52.2 Å². The van der Waals surface area contributed by atoms with Gasteiger partial charge in [-0.15, -0.1) is 0 Å². The Balaban J connectivity index is 0.000000284. The second-order valence-corrected chi connectivity index (χ2v) is 9.16. The van der Waals surface area contributed by atoms with Crippen molar-refractivity contribution in [3.8, 4) is 17.1 Å². The second-order valence-electron chi connectivity index (χ2n) is 9.16. The number of halogens is 2. The van der Waals surface area contributed by atoms with E-state index in [0.29, 0.717) is 34.5 Å². The van der Waals surface area contributed by atoms with Crippen LogP contribution in [0.15, 0.2) is 82.6 Å². The van der Waals surface area contributed by atoms with Crippen molar-refractivity contribution in [2.45, 2.75) is 13.3 Å². The van der Waals surface area contributed by atoms with Crippen LogP contribution in [-0.2, 0) is 34.9 Å². The Morgan fingerprint density at radius 2 is 1.20 bits per heavy atom. The number of nitrogens with zero attached hydrogens (tertiary/aromatic N) is 6. The molecule has 4 aromatic heterocycles. The SMILES string of the molecule is CCc1cc2cnn(C)c2n(-c2ccc(F)cc2)c1=O.Cn1ncc2cc(OC=O)c(=O)n(-c3ccc(F)cc3)c21.O=C=O.[Li+].[OH-]. The van der Waals surface area contributed by atoms with Crippen molar-refractivity contribution >= 4 is 34.7 Å². The van der Waals surface area contributed by atoms with E-state index in [0.717, 1.165) is 10.9 Å². The first kappa shape index (κ1) is 36.7. The fourth-order valence-electron chi connectivity index (χ4n) is 4.59. The second kappa shape index (κ2) is 16.0. The fraction of sp³-hybridized carbons (Fsp3) is 0.133. The molecule has 0 spiro atoms. The van der Waals surface area contributed by atoms with Gasteiger partial charge < -0.3 is 10.2 Å². The van der Waals surface area contributed by atoms with Gasteiger partial charge in [-0.2, -0.15) is 19.8 Å². The Bertz CT molecular complexity index is 2120. The smallest absolute Gasteiger partial charge is 0.870 e. The first-order valence-electron chi connectivity index (χ1n) is 12.9. The van der Waals surface area contributed by atoms with Crippen molar-refractivity contribution in [1.29, 1.82) is 0 Å². The van der Waals surface area contributed by atoms with Gasteiger partial charge in [0.05, 0.1) is 23.8 Å². The van der Waals surface area contributed by atoms with Crippen LogP contribution in [0.4, 0.5) is 8.78 Å². The maximum absolute atomic E-state index is 13.1. The normalized spacial score (nSPS) is 9.93. The van der Waals surface area contributed by atoms with Gasteiger partial charge in [-0.3, -0.25) is 32.9 Å². The molecule has 0 amide bonds. The number of aromatic nitrogens is 6. The van der Waals surface area contributed by atoms with Crippen LogP contribution in [-0.4, -0.2) is 46.8 Å². The molecule has 0 radical (unpaired) electrons. The summed E-state index contributed by atoms with van der Waals surface area (Å²) in [5.41, 5.74) is 2.42. The number of hydrogen-bond donors (Lipinski definition) is 0. The standard InChI is InChI=1S/C15H14FN3O.C14H10FN3O3.CO2.Li.H2O/c1-3-10-8-11-9-17-18(2)14(11)19(15(10)20)13-6-4-12(16)5-7-13;1-17-13-9(7-16-17)6-12(21-8-19)14(20)18(13)11-4-2-10(15)3-5-11;2-1-3;;/h4-9H,3H2,1-2H3;2-8H,1H3;;;1H2/q;;;+1;/p-1. The minimum Gasteiger partial charge on any atom is -0.870 e. The summed E-state index contributed by atoms with van der Waals surface area (Å²) in [6.45, 7) is 2.13. The summed E-state index contributed by atoms with van der Waals surface area (Å²) in [5, 5.41) is 9.80. The van der Waals surface area contributed by atoms with Crippen LogP contribution in [0.3, 0.4) is 0 Å². The molecule has 16 heteroatoms. The summed E-state index contributed by atoms with van der Waals surface area (Å²) >= 11 is 0. The Hall–Kier alpha value is -5.45. The molecule has 0 fully saturated rings. The van der Waals surface area contributed by atoms with E-state index >= 15 is 0 Å². The zero-order valence-corrected chi connectivity index (χ0v) is 25.0. The molecule has 4 heterocycles. The third-order valence-corrected chi connectivity index (χ3v) is 6.53.